The van der Waals surface area contributed by atoms with Gasteiger partial charge >= 0.3 is 0 Å². The van der Waals surface area contributed by atoms with Crippen molar-refractivity contribution in [2.75, 3.05) is 39.5 Å². The van der Waals surface area contributed by atoms with Gasteiger partial charge in [0.25, 0.3) is 0 Å². The fourth-order valence-electron chi connectivity index (χ4n) is 4.81. The summed E-state index contributed by atoms with van der Waals surface area (Å²) in [7, 11) is 0. The predicted molar refractivity (Wildman–Crippen MR) is 94.0 cm³/mol. The summed E-state index contributed by atoms with van der Waals surface area (Å²) < 4.78 is 21.8. The number of nitro groups is 1. The van der Waals surface area contributed by atoms with Crippen molar-refractivity contribution in [1.82, 2.24) is 0 Å². The predicted octanol–water partition coefficient (Wildman–Crippen LogP) is 1.79. The average Bonchev–Trinajstić information content (AvgIpc) is 3.39. The maximum Gasteiger partial charge on any atom is 0.207 e. The van der Waals surface area contributed by atoms with Crippen molar-refractivity contribution in [3.63, 3.8) is 0 Å². The highest BCUT2D eigenvalue weighted by molar-refractivity contribution is 4.82. The van der Waals surface area contributed by atoms with E-state index in [1.807, 2.05) is 0 Å². The Morgan fingerprint density at radius 2 is 1.27 bits per heavy atom. The summed E-state index contributed by atoms with van der Waals surface area (Å²) in [5.41, 5.74) is 5.68. The molecule has 0 amide bonds. The lowest BCUT2D eigenvalue weighted by Crippen LogP contribution is -2.29. The van der Waals surface area contributed by atoms with Crippen molar-refractivity contribution >= 4 is 0 Å². The molecule has 0 spiro atoms. The van der Waals surface area contributed by atoms with Gasteiger partial charge in [-0.2, -0.15) is 0 Å². The van der Waals surface area contributed by atoms with Gasteiger partial charge in [-0.25, -0.2) is 0 Å². The third-order valence-electron chi connectivity index (χ3n) is 6.12. The van der Waals surface area contributed by atoms with Gasteiger partial charge < -0.3 is 24.7 Å². The van der Waals surface area contributed by atoms with Gasteiger partial charge in [0.2, 0.25) is 6.54 Å². The number of nitrogens with two attached hydrogens (primary N) is 1. The zero-order valence-corrected chi connectivity index (χ0v) is 15.4. The summed E-state index contributed by atoms with van der Waals surface area (Å²) in [6.45, 7) is 3.64. The standard InChI is InChI=1S/C9H15NO4.C9H17NO2/c11-10(12)6-7-2-1-3-8(7)9-13-4-5-14-9;10-6-7-2-1-3-8(7)9-11-4-5-12-9/h7-9H,1-6H2;7-9H,1-6,10H2/t2*7-,8+/m00/s1. The Kier molecular flexibility index (Phi) is 7.63. The summed E-state index contributed by atoms with van der Waals surface area (Å²) in [6.07, 6.45) is 6.65. The van der Waals surface area contributed by atoms with E-state index in [2.05, 4.69) is 0 Å². The molecule has 2 saturated heterocycles. The van der Waals surface area contributed by atoms with Gasteiger partial charge in [-0.1, -0.05) is 12.8 Å². The SMILES string of the molecule is NC[C@@H]1CCC[C@H]1C1OCCO1.O=[N+]([O-])C[C@@H]1CCC[C@H]1C1OCCO1. The first-order chi connectivity index (χ1) is 12.7. The molecule has 0 unspecified atom stereocenters. The molecule has 26 heavy (non-hydrogen) atoms. The first kappa shape index (κ1) is 19.9. The van der Waals surface area contributed by atoms with Crippen LogP contribution in [-0.2, 0) is 18.9 Å². The monoisotopic (exact) mass is 372 g/mol. The van der Waals surface area contributed by atoms with Crippen LogP contribution in [0.2, 0.25) is 0 Å². The molecular formula is C18H32N2O6. The average molecular weight is 372 g/mol. The zero-order chi connectivity index (χ0) is 18.4. The summed E-state index contributed by atoms with van der Waals surface area (Å²) in [5, 5.41) is 10.4. The molecule has 150 valence electrons. The van der Waals surface area contributed by atoms with Crippen LogP contribution in [0, 0.1) is 33.8 Å². The molecule has 0 bridgehead atoms. The van der Waals surface area contributed by atoms with E-state index in [1.165, 1.54) is 19.3 Å². The second-order valence-corrected chi connectivity index (χ2v) is 7.68. The van der Waals surface area contributed by atoms with E-state index in [0.717, 1.165) is 39.0 Å². The topological polar surface area (TPSA) is 106 Å². The Morgan fingerprint density at radius 1 is 0.808 bits per heavy atom. The summed E-state index contributed by atoms with van der Waals surface area (Å²) in [6, 6.07) is 0. The lowest BCUT2D eigenvalue weighted by Gasteiger charge is -2.22. The summed E-state index contributed by atoms with van der Waals surface area (Å²) in [5.74, 6) is 1.58. The highest BCUT2D eigenvalue weighted by Gasteiger charge is 2.39. The number of hydrogen-bond donors (Lipinski definition) is 1. The minimum absolute atomic E-state index is 0.0565. The fraction of sp³-hybridized carbons (Fsp3) is 1.00. The van der Waals surface area contributed by atoms with Crippen LogP contribution >= 0.6 is 0 Å². The second kappa shape index (κ2) is 9.94. The Bertz CT molecular complexity index is 439. The Balaban J connectivity index is 0.000000152. The zero-order valence-electron chi connectivity index (χ0n) is 15.4. The van der Waals surface area contributed by atoms with E-state index >= 15 is 0 Å². The van der Waals surface area contributed by atoms with Crippen LogP contribution in [0.25, 0.3) is 0 Å². The maximum atomic E-state index is 10.4. The molecule has 2 heterocycles. The Morgan fingerprint density at radius 3 is 1.73 bits per heavy atom. The first-order valence-electron chi connectivity index (χ1n) is 9.97. The van der Waals surface area contributed by atoms with Gasteiger partial charge in [-0.15, -0.1) is 0 Å². The van der Waals surface area contributed by atoms with E-state index in [9.17, 15) is 10.1 Å². The highest BCUT2D eigenvalue weighted by Crippen LogP contribution is 2.37. The quantitative estimate of drug-likeness (QED) is 0.579. The minimum Gasteiger partial charge on any atom is -0.350 e. The largest absolute Gasteiger partial charge is 0.350 e. The smallest absolute Gasteiger partial charge is 0.207 e. The lowest BCUT2D eigenvalue weighted by molar-refractivity contribution is -0.490. The summed E-state index contributed by atoms with van der Waals surface area (Å²) in [4.78, 5) is 10.2. The number of hydrogen-bond acceptors (Lipinski definition) is 7. The van der Waals surface area contributed by atoms with Gasteiger partial charge in [0.15, 0.2) is 12.6 Å². The molecule has 0 aromatic heterocycles. The minimum atomic E-state index is -0.224. The molecule has 4 atom stereocenters. The normalized spacial score (nSPS) is 35.6. The molecule has 8 nitrogen and oxygen atoms in total. The first-order valence-corrected chi connectivity index (χ1v) is 9.97. The van der Waals surface area contributed by atoms with Crippen LogP contribution in [0.4, 0.5) is 0 Å². The van der Waals surface area contributed by atoms with Gasteiger partial charge in [0.05, 0.1) is 26.4 Å². The van der Waals surface area contributed by atoms with Gasteiger partial charge in [0.1, 0.15) is 0 Å². The van der Waals surface area contributed by atoms with Gasteiger partial charge in [-0.3, -0.25) is 10.1 Å². The van der Waals surface area contributed by atoms with Crippen molar-refractivity contribution in [2.45, 2.75) is 51.1 Å². The Labute approximate surface area is 154 Å². The number of ether oxygens (including phenoxy) is 4. The van der Waals surface area contributed by atoms with E-state index in [0.29, 0.717) is 25.0 Å². The van der Waals surface area contributed by atoms with Crippen LogP contribution in [0.5, 0.6) is 0 Å². The highest BCUT2D eigenvalue weighted by atomic mass is 16.7. The van der Waals surface area contributed by atoms with Crippen LogP contribution < -0.4 is 5.73 Å². The molecule has 2 N–H and O–H groups in total. The third kappa shape index (κ3) is 5.13. The van der Waals surface area contributed by atoms with Crippen LogP contribution in [-0.4, -0.2) is 57.0 Å². The van der Waals surface area contributed by atoms with E-state index in [4.69, 9.17) is 24.7 Å². The van der Waals surface area contributed by atoms with Crippen molar-refractivity contribution in [2.24, 2.45) is 29.4 Å². The van der Waals surface area contributed by atoms with Crippen molar-refractivity contribution in [3.05, 3.63) is 10.1 Å². The molecule has 4 rings (SSSR count). The third-order valence-corrected chi connectivity index (χ3v) is 6.12. The molecule has 4 aliphatic rings. The molecule has 2 aliphatic carbocycles. The van der Waals surface area contributed by atoms with Crippen molar-refractivity contribution in [3.8, 4) is 0 Å². The van der Waals surface area contributed by atoms with E-state index < -0.39 is 0 Å². The fourth-order valence-corrected chi connectivity index (χ4v) is 4.81. The molecule has 0 aromatic rings. The summed E-state index contributed by atoms with van der Waals surface area (Å²) >= 11 is 0. The molecule has 8 heteroatoms. The maximum absolute atomic E-state index is 10.4. The van der Waals surface area contributed by atoms with Crippen LogP contribution in [0.3, 0.4) is 0 Å². The molecule has 0 aromatic carbocycles. The van der Waals surface area contributed by atoms with Crippen LogP contribution in [0.15, 0.2) is 0 Å². The van der Waals surface area contributed by atoms with E-state index in [1.54, 1.807) is 0 Å². The van der Waals surface area contributed by atoms with Crippen molar-refractivity contribution in [1.29, 1.82) is 0 Å². The second-order valence-electron chi connectivity index (χ2n) is 7.68. The molecule has 0 radical (unpaired) electrons. The molecule has 4 fully saturated rings. The molecule has 2 aliphatic heterocycles. The molecule has 2 saturated carbocycles. The van der Waals surface area contributed by atoms with Gasteiger partial charge in [-0.05, 0) is 38.1 Å². The number of rotatable bonds is 5. The molecular weight excluding hydrogens is 340 g/mol. The Hall–Kier alpha value is -0.800. The van der Waals surface area contributed by atoms with Gasteiger partial charge in [0, 0.05) is 22.7 Å². The van der Waals surface area contributed by atoms with E-state index in [-0.39, 0.29) is 35.9 Å². The number of nitrogens with zero attached hydrogens (tertiary/aromatic N) is 1. The lowest BCUT2D eigenvalue weighted by atomic mass is 9.95. The van der Waals surface area contributed by atoms with Crippen LogP contribution in [0.1, 0.15) is 38.5 Å². The van der Waals surface area contributed by atoms with Crippen molar-refractivity contribution < 1.29 is 23.9 Å².